The lowest BCUT2D eigenvalue weighted by Gasteiger charge is -2.11. The summed E-state index contributed by atoms with van der Waals surface area (Å²) in [5, 5.41) is 3.20. The molecule has 1 N–H and O–H groups in total. The summed E-state index contributed by atoms with van der Waals surface area (Å²) in [5.74, 6) is 0.237. The molecule has 0 aliphatic heterocycles. The van der Waals surface area contributed by atoms with Crippen molar-refractivity contribution in [2.24, 2.45) is 0 Å². The number of hydrogen-bond acceptors (Lipinski definition) is 3. The first kappa shape index (κ1) is 13.2. The lowest BCUT2D eigenvalue weighted by atomic mass is 10.2. The lowest BCUT2D eigenvalue weighted by Crippen LogP contribution is -2.00. The van der Waals surface area contributed by atoms with E-state index in [1.807, 2.05) is 13.8 Å². The summed E-state index contributed by atoms with van der Waals surface area (Å²) in [6.07, 6.45) is 1.61. The largest absolute Gasteiger partial charge is 0.340 e. The number of aromatic nitrogens is 2. The third-order valence-corrected chi connectivity index (χ3v) is 3.25. The highest BCUT2D eigenvalue weighted by Gasteiger charge is 2.08. The highest BCUT2D eigenvalue weighted by molar-refractivity contribution is 9.10. The molecule has 0 saturated carbocycles. The minimum absolute atomic E-state index is 0.151. The molecule has 94 valence electrons. The summed E-state index contributed by atoms with van der Waals surface area (Å²) in [7, 11) is 0. The fourth-order valence-electron chi connectivity index (χ4n) is 1.46. The molecule has 0 bridgehead atoms. The van der Waals surface area contributed by atoms with Crippen LogP contribution < -0.4 is 5.32 Å². The Hall–Kier alpha value is -1.20. The van der Waals surface area contributed by atoms with Crippen molar-refractivity contribution in [3.63, 3.8) is 0 Å². The summed E-state index contributed by atoms with van der Waals surface area (Å²) in [5.41, 5.74) is 2.38. The van der Waals surface area contributed by atoms with Crippen LogP contribution in [0.5, 0.6) is 0 Å². The van der Waals surface area contributed by atoms with Gasteiger partial charge in [0.2, 0.25) is 5.28 Å². The van der Waals surface area contributed by atoms with Gasteiger partial charge in [-0.15, -0.1) is 0 Å². The molecule has 0 aliphatic carbocycles. The zero-order valence-electron chi connectivity index (χ0n) is 9.76. The van der Waals surface area contributed by atoms with E-state index < -0.39 is 0 Å². The van der Waals surface area contributed by atoms with Crippen LogP contribution in [0.25, 0.3) is 0 Å². The monoisotopic (exact) mass is 329 g/mol. The average Bonchev–Trinajstić information content (AvgIpc) is 2.30. The van der Waals surface area contributed by atoms with Crippen molar-refractivity contribution in [1.29, 1.82) is 0 Å². The molecule has 0 unspecified atom stereocenters. The Kier molecular flexibility index (Phi) is 3.82. The Labute approximate surface area is 118 Å². The molecule has 2 rings (SSSR count). The molecule has 6 heteroatoms. The maximum atomic E-state index is 13.5. The average molecular weight is 331 g/mol. The Morgan fingerprint density at radius 1 is 1.28 bits per heavy atom. The van der Waals surface area contributed by atoms with E-state index >= 15 is 0 Å². The van der Waals surface area contributed by atoms with E-state index in [4.69, 9.17) is 11.6 Å². The highest BCUT2D eigenvalue weighted by Crippen LogP contribution is 2.27. The molecule has 0 atom stereocenters. The molecule has 2 aromatic rings. The van der Waals surface area contributed by atoms with Gasteiger partial charge in [-0.25, -0.2) is 14.4 Å². The maximum Gasteiger partial charge on any atom is 0.224 e. The SMILES string of the molecule is Cc1cc(Br)c(F)cc1Nc1nc(Cl)ncc1C. The van der Waals surface area contributed by atoms with Crippen LogP contribution in [0.4, 0.5) is 15.9 Å². The van der Waals surface area contributed by atoms with Gasteiger partial charge >= 0.3 is 0 Å². The van der Waals surface area contributed by atoms with Crippen LogP contribution in [0.1, 0.15) is 11.1 Å². The number of nitrogens with one attached hydrogen (secondary N) is 1. The van der Waals surface area contributed by atoms with Crippen molar-refractivity contribution in [2.45, 2.75) is 13.8 Å². The summed E-state index contributed by atoms with van der Waals surface area (Å²) < 4.78 is 13.9. The van der Waals surface area contributed by atoms with Crippen molar-refractivity contribution in [2.75, 3.05) is 5.32 Å². The van der Waals surface area contributed by atoms with Crippen LogP contribution >= 0.6 is 27.5 Å². The van der Waals surface area contributed by atoms with Crippen LogP contribution in [-0.2, 0) is 0 Å². The van der Waals surface area contributed by atoms with Gasteiger partial charge in [-0.05, 0) is 59.1 Å². The predicted octanol–water partition coefficient (Wildman–Crippen LogP) is 4.39. The van der Waals surface area contributed by atoms with E-state index in [0.717, 1.165) is 11.1 Å². The topological polar surface area (TPSA) is 37.8 Å². The molecule has 0 spiro atoms. The van der Waals surface area contributed by atoms with E-state index in [-0.39, 0.29) is 11.1 Å². The molecule has 1 aromatic heterocycles. The lowest BCUT2D eigenvalue weighted by molar-refractivity contribution is 0.621. The van der Waals surface area contributed by atoms with E-state index in [0.29, 0.717) is 16.0 Å². The summed E-state index contributed by atoms with van der Waals surface area (Å²) >= 11 is 8.88. The number of nitrogens with zero attached hydrogens (tertiary/aromatic N) is 2. The second-order valence-corrected chi connectivity index (χ2v) is 5.07. The van der Waals surface area contributed by atoms with Gasteiger partial charge in [0.25, 0.3) is 0 Å². The van der Waals surface area contributed by atoms with Gasteiger partial charge in [-0.2, -0.15) is 0 Å². The molecular formula is C12H10BrClFN3. The van der Waals surface area contributed by atoms with Gasteiger partial charge < -0.3 is 5.32 Å². The van der Waals surface area contributed by atoms with E-state index in [9.17, 15) is 4.39 Å². The second-order valence-electron chi connectivity index (χ2n) is 3.88. The Bertz CT molecular complexity index is 604. The fourth-order valence-corrected chi connectivity index (χ4v) is 2.05. The molecule has 0 aliphatic rings. The minimum Gasteiger partial charge on any atom is -0.340 e. The number of hydrogen-bond donors (Lipinski definition) is 1. The van der Waals surface area contributed by atoms with Crippen molar-refractivity contribution in [1.82, 2.24) is 9.97 Å². The molecule has 0 saturated heterocycles. The Balaban J connectivity index is 2.40. The predicted molar refractivity (Wildman–Crippen MR) is 73.9 cm³/mol. The molecule has 18 heavy (non-hydrogen) atoms. The number of rotatable bonds is 2. The number of halogens is 3. The first-order chi connectivity index (χ1) is 8.47. The molecule has 0 amide bonds. The van der Waals surface area contributed by atoms with E-state index in [1.165, 1.54) is 6.07 Å². The number of aryl methyl sites for hydroxylation is 2. The van der Waals surface area contributed by atoms with Crippen molar-refractivity contribution >= 4 is 39.0 Å². The first-order valence-electron chi connectivity index (χ1n) is 5.19. The highest BCUT2D eigenvalue weighted by atomic mass is 79.9. The van der Waals surface area contributed by atoms with Gasteiger partial charge in [-0.3, -0.25) is 0 Å². The van der Waals surface area contributed by atoms with Crippen LogP contribution in [0.3, 0.4) is 0 Å². The smallest absolute Gasteiger partial charge is 0.224 e. The standard InChI is InChI=1S/C12H10BrClFN3/c1-6-3-8(13)9(15)4-10(6)17-11-7(2)5-16-12(14)18-11/h3-5H,1-2H3,(H,16,17,18). The van der Waals surface area contributed by atoms with Gasteiger partial charge in [0.1, 0.15) is 11.6 Å². The summed E-state index contributed by atoms with van der Waals surface area (Å²) in [4.78, 5) is 7.94. The van der Waals surface area contributed by atoms with Gasteiger partial charge in [0, 0.05) is 17.4 Å². The molecule has 1 heterocycles. The van der Waals surface area contributed by atoms with Crippen LogP contribution in [0.2, 0.25) is 5.28 Å². The third-order valence-electron chi connectivity index (χ3n) is 2.46. The van der Waals surface area contributed by atoms with Crippen LogP contribution in [-0.4, -0.2) is 9.97 Å². The van der Waals surface area contributed by atoms with E-state index in [1.54, 1.807) is 12.3 Å². The fraction of sp³-hybridized carbons (Fsp3) is 0.167. The quantitative estimate of drug-likeness (QED) is 0.830. The number of anilines is 2. The molecule has 0 fully saturated rings. The summed E-state index contributed by atoms with van der Waals surface area (Å²) in [6, 6.07) is 3.12. The van der Waals surface area contributed by atoms with Crippen molar-refractivity contribution in [3.8, 4) is 0 Å². The van der Waals surface area contributed by atoms with E-state index in [2.05, 4.69) is 31.2 Å². The van der Waals surface area contributed by atoms with Crippen LogP contribution in [0, 0.1) is 19.7 Å². The number of benzene rings is 1. The Morgan fingerprint density at radius 2 is 2.00 bits per heavy atom. The maximum absolute atomic E-state index is 13.5. The Morgan fingerprint density at radius 3 is 2.72 bits per heavy atom. The zero-order chi connectivity index (χ0) is 13.3. The zero-order valence-corrected chi connectivity index (χ0v) is 12.1. The van der Waals surface area contributed by atoms with Gasteiger partial charge in [-0.1, -0.05) is 0 Å². The van der Waals surface area contributed by atoms with Gasteiger partial charge in [0.15, 0.2) is 0 Å². The molecule has 1 aromatic carbocycles. The molecule has 3 nitrogen and oxygen atoms in total. The minimum atomic E-state index is -0.332. The molecule has 0 radical (unpaired) electrons. The van der Waals surface area contributed by atoms with Crippen molar-refractivity contribution in [3.05, 3.63) is 45.0 Å². The van der Waals surface area contributed by atoms with Crippen LogP contribution in [0.15, 0.2) is 22.8 Å². The van der Waals surface area contributed by atoms with Gasteiger partial charge in [0.05, 0.1) is 4.47 Å². The summed E-state index contributed by atoms with van der Waals surface area (Å²) in [6.45, 7) is 3.73. The molecular weight excluding hydrogens is 321 g/mol. The second kappa shape index (κ2) is 5.20. The first-order valence-corrected chi connectivity index (χ1v) is 6.36. The third kappa shape index (κ3) is 2.79. The normalized spacial score (nSPS) is 10.5. The van der Waals surface area contributed by atoms with Crippen molar-refractivity contribution < 1.29 is 4.39 Å².